The minimum atomic E-state index is 0.311. The number of fused-ring (bicyclic) bond motifs is 1. The van der Waals surface area contributed by atoms with Gasteiger partial charge in [0.25, 0.3) is 0 Å². The third-order valence-corrected chi connectivity index (χ3v) is 9.83. The molecular formula is C36H62N3S+. The quantitative estimate of drug-likeness (QED) is 0.191. The van der Waals surface area contributed by atoms with Crippen LogP contribution in [-0.4, -0.2) is 53.9 Å². The summed E-state index contributed by atoms with van der Waals surface area (Å²) in [6.07, 6.45) is 9.41. The van der Waals surface area contributed by atoms with Gasteiger partial charge in [0.1, 0.15) is 6.54 Å². The van der Waals surface area contributed by atoms with Gasteiger partial charge in [-0.25, -0.2) is 0 Å². The van der Waals surface area contributed by atoms with Gasteiger partial charge in [-0.05, 0) is 70.0 Å². The molecule has 0 radical (unpaired) electrons. The first-order valence-corrected chi connectivity index (χ1v) is 16.5. The molecule has 1 N–H and O–H groups in total. The van der Waals surface area contributed by atoms with Crippen molar-refractivity contribution in [1.29, 1.82) is 0 Å². The second-order valence-electron chi connectivity index (χ2n) is 12.9. The molecule has 3 aliphatic rings. The summed E-state index contributed by atoms with van der Waals surface area (Å²) >= 11 is 1.80. The molecule has 4 rings (SSSR count). The predicted octanol–water partition coefficient (Wildman–Crippen LogP) is 9.67. The summed E-state index contributed by atoms with van der Waals surface area (Å²) in [5.41, 5.74) is 5.94. The van der Waals surface area contributed by atoms with Gasteiger partial charge in [0.15, 0.2) is 5.54 Å². The average molecular weight is 569 g/mol. The Kier molecular flexibility index (Phi) is 14.9. The molecule has 0 bridgehead atoms. The number of nitrogens with one attached hydrogen (secondary N) is 1. The van der Waals surface area contributed by atoms with E-state index in [1.807, 2.05) is 0 Å². The minimum Gasteiger partial charge on any atom is -0.385 e. The van der Waals surface area contributed by atoms with Crippen molar-refractivity contribution in [3.8, 4) is 0 Å². The minimum absolute atomic E-state index is 0.311. The van der Waals surface area contributed by atoms with Crippen molar-refractivity contribution in [2.45, 2.75) is 98.7 Å². The molecule has 5 unspecified atom stereocenters. The highest BCUT2D eigenvalue weighted by atomic mass is 32.2. The number of quaternary nitrogens is 1. The molecule has 3 fully saturated rings. The van der Waals surface area contributed by atoms with Crippen LogP contribution >= 0.6 is 11.8 Å². The van der Waals surface area contributed by atoms with Crippen LogP contribution in [0, 0.1) is 11.8 Å². The lowest BCUT2D eigenvalue weighted by Crippen LogP contribution is -2.38. The first-order valence-electron chi connectivity index (χ1n) is 15.3. The summed E-state index contributed by atoms with van der Waals surface area (Å²) in [7, 11) is 2.45. The maximum atomic E-state index is 4.45. The molecule has 0 aromatic heterocycles. The zero-order chi connectivity index (χ0) is 30.7. The molecule has 40 heavy (non-hydrogen) atoms. The molecule has 0 saturated carbocycles. The highest BCUT2D eigenvalue weighted by molar-refractivity contribution is 8.07. The molecule has 1 aromatic rings. The van der Waals surface area contributed by atoms with Gasteiger partial charge in [-0.3, -0.25) is 0 Å². The molecule has 5 atom stereocenters. The van der Waals surface area contributed by atoms with Crippen molar-refractivity contribution in [3.05, 3.63) is 79.2 Å². The number of benzene rings is 1. The largest absolute Gasteiger partial charge is 0.385 e. The fourth-order valence-electron chi connectivity index (χ4n) is 6.50. The first-order chi connectivity index (χ1) is 18.8. The van der Waals surface area contributed by atoms with E-state index >= 15 is 0 Å². The van der Waals surface area contributed by atoms with E-state index in [0.717, 1.165) is 12.0 Å². The Labute approximate surface area is 253 Å². The molecule has 0 spiro atoms. The van der Waals surface area contributed by atoms with Crippen LogP contribution in [-0.2, 0) is 0 Å². The van der Waals surface area contributed by atoms with Crippen LogP contribution in [0.15, 0.2) is 68.1 Å². The smallest absolute Gasteiger partial charge is 0.157 e. The number of nitrogens with zero attached hydrogens (tertiary/aromatic N) is 2. The van der Waals surface area contributed by atoms with Crippen molar-refractivity contribution < 1.29 is 4.48 Å². The van der Waals surface area contributed by atoms with Crippen LogP contribution < -0.4 is 5.32 Å². The van der Waals surface area contributed by atoms with Crippen LogP contribution in [0.3, 0.4) is 0 Å². The van der Waals surface area contributed by atoms with Gasteiger partial charge < -0.3 is 14.7 Å². The summed E-state index contributed by atoms with van der Waals surface area (Å²) in [5.74, 6) is 1.51. The van der Waals surface area contributed by atoms with Crippen molar-refractivity contribution in [1.82, 2.24) is 10.2 Å². The van der Waals surface area contributed by atoms with E-state index in [9.17, 15) is 0 Å². The lowest BCUT2D eigenvalue weighted by atomic mass is 9.87. The van der Waals surface area contributed by atoms with Crippen molar-refractivity contribution in [2.75, 3.05) is 32.9 Å². The number of thioether (sulfide) groups is 1. The number of rotatable bonds is 8. The maximum Gasteiger partial charge on any atom is 0.157 e. The zero-order valence-corrected chi connectivity index (χ0v) is 28.6. The van der Waals surface area contributed by atoms with E-state index in [2.05, 4.69) is 129 Å². The highest BCUT2D eigenvalue weighted by Gasteiger charge is 2.72. The van der Waals surface area contributed by atoms with E-state index in [1.54, 1.807) is 18.0 Å². The molecule has 1 aromatic carbocycles. The predicted molar refractivity (Wildman–Crippen MR) is 183 cm³/mol. The summed E-state index contributed by atoms with van der Waals surface area (Å²) in [4.78, 5) is 3.95. The van der Waals surface area contributed by atoms with E-state index in [1.165, 1.54) is 77.1 Å². The van der Waals surface area contributed by atoms with E-state index in [-0.39, 0.29) is 0 Å². The van der Waals surface area contributed by atoms with E-state index in [4.69, 9.17) is 0 Å². The molecular weight excluding hydrogens is 506 g/mol. The number of allylic oxidation sites excluding steroid dienone is 1. The van der Waals surface area contributed by atoms with Gasteiger partial charge in [-0.1, -0.05) is 70.7 Å². The number of piperidine rings is 1. The molecule has 3 saturated heterocycles. The van der Waals surface area contributed by atoms with Crippen molar-refractivity contribution in [3.63, 3.8) is 0 Å². The van der Waals surface area contributed by atoms with E-state index in [0.29, 0.717) is 17.5 Å². The molecule has 226 valence electrons. The Bertz CT molecular complexity index is 954. The van der Waals surface area contributed by atoms with Crippen LogP contribution in [0.1, 0.15) is 98.2 Å². The highest BCUT2D eigenvalue weighted by Crippen LogP contribution is 2.56. The third-order valence-electron chi connectivity index (χ3n) is 8.78. The fourth-order valence-corrected chi connectivity index (χ4v) is 7.28. The Hall–Kier alpha value is -1.91. The summed E-state index contributed by atoms with van der Waals surface area (Å²) < 4.78 is 1.33. The number of likely N-dealkylation sites (N-methyl/N-ethyl adjacent to an activating group) is 1. The summed E-state index contributed by atoms with van der Waals surface area (Å²) in [5, 5.41) is 3.19. The van der Waals surface area contributed by atoms with Gasteiger partial charge in [-0.15, -0.1) is 24.9 Å². The van der Waals surface area contributed by atoms with Crippen molar-refractivity contribution in [2.24, 2.45) is 11.8 Å². The lowest BCUT2D eigenvalue weighted by Gasteiger charge is -2.32. The molecule has 4 heteroatoms. The van der Waals surface area contributed by atoms with Gasteiger partial charge in [0.05, 0.1) is 19.5 Å². The van der Waals surface area contributed by atoms with Crippen LogP contribution in [0.4, 0.5) is 0 Å². The summed E-state index contributed by atoms with van der Waals surface area (Å²) in [6, 6.07) is 9.77. The average Bonchev–Trinajstić information content (AvgIpc) is 3.15. The molecule has 0 aliphatic carbocycles. The van der Waals surface area contributed by atoms with E-state index < -0.39 is 0 Å². The number of likely N-dealkylation sites (tertiary alicyclic amines) is 1. The van der Waals surface area contributed by atoms with Gasteiger partial charge in [0.2, 0.25) is 0 Å². The number of hydrogen-bond donors (Lipinski definition) is 1. The standard InChI is InChI=1S/C15H27N2.C15H21NS.C4H10.C2H4/c1-12-7-5-9-16(12)14(3)13(2)15-8-6-10-17(15,4)11-15;1-6-16-12(4)13-7-9-14(10-8-13)15(17-5)11(2)3;1-4(2)3;1-2/h12-13H,3,5-11H2,1-2,4H3;6-10,12,16H,1H2,2-5H3;4H,1-3H3;1-2H2/q+1;;;. The SMILES string of the molecule is C=C.C=C(C(C)C12CCC[N+]1(C)C2)N1CCCC1C.C=CNC(C)c1ccc(C(SC)=C(C)C)cc1.CC(C)C. The van der Waals surface area contributed by atoms with Gasteiger partial charge in [0, 0.05) is 42.1 Å². The second kappa shape index (κ2) is 16.5. The second-order valence-corrected chi connectivity index (χ2v) is 13.7. The molecule has 3 aliphatic heterocycles. The Morgan fingerprint density at radius 2 is 1.68 bits per heavy atom. The molecule has 3 nitrogen and oxygen atoms in total. The topological polar surface area (TPSA) is 15.3 Å². The van der Waals surface area contributed by atoms with Crippen LogP contribution in [0.2, 0.25) is 0 Å². The Balaban J connectivity index is 0.000000335. The monoisotopic (exact) mass is 568 g/mol. The zero-order valence-electron chi connectivity index (χ0n) is 27.8. The molecule has 3 heterocycles. The van der Waals surface area contributed by atoms with Gasteiger partial charge in [-0.2, -0.15) is 0 Å². The third kappa shape index (κ3) is 9.05. The number of hydrogen-bond acceptors (Lipinski definition) is 3. The summed E-state index contributed by atoms with van der Waals surface area (Å²) in [6.45, 7) is 35.9. The molecule has 0 amide bonds. The Morgan fingerprint density at radius 3 is 2.05 bits per heavy atom. The lowest BCUT2D eigenvalue weighted by molar-refractivity contribution is -0.799. The Morgan fingerprint density at radius 1 is 1.10 bits per heavy atom. The van der Waals surface area contributed by atoms with Crippen molar-refractivity contribution >= 4 is 16.7 Å². The van der Waals surface area contributed by atoms with Crippen LogP contribution in [0.25, 0.3) is 4.91 Å². The van der Waals surface area contributed by atoms with Crippen LogP contribution in [0.5, 0.6) is 0 Å². The first kappa shape index (κ1) is 36.1. The maximum absolute atomic E-state index is 4.45. The van der Waals surface area contributed by atoms with Gasteiger partial charge >= 0.3 is 0 Å². The fraction of sp³-hybridized carbons (Fsp3) is 0.611. The normalized spacial score (nSPS) is 25.5.